The smallest absolute Gasteiger partial charge is 0.236 e. The molecule has 34 heavy (non-hydrogen) atoms. The number of carbonyl (C=O) groups excluding carboxylic acids is 1. The number of thioether (sulfide) groups is 1. The first-order chi connectivity index (χ1) is 16.2. The predicted molar refractivity (Wildman–Crippen MR) is 134 cm³/mol. The molecule has 4 aromatic rings. The summed E-state index contributed by atoms with van der Waals surface area (Å²) >= 11 is 8.59. The normalized spacial score (nSPS) is 11.5. The molecule has 0 fully saturated rings. The molecule has 0 aliphatic carbocycles. The standard InChI is InChI=1S/C21H19ClN6O3S3/c1-3-17-24-27-21(28(17)15-6-4-5-14(22)11-15)32-12-18(29)23-20-26-25-19(33-20)13-7-9-16(10-8-13)34(2,30)31/h4-11H,3,12H2,1-2H3,(H,23,26,29). The van der Waals surface area contributed by atoms with Gasteiger partial charge in [-0.05, 0) is 30.3 Å². The van der Waals surface area contributed by atoms with Crippen molar-refractivity contribution >= 4 is 55.6 Å². The Kier molecular flexibility index (Phi) is 7.31. The van der Waals surface area contributed by atoms with E-state index in [2.05, 4.69) is 25.7 Å². The lowest BCUT2D eigenvalue weighted by Crippen LogP contribution is -2.14. The summed E-state index contributed by atoms with van der Waals surface area (Å²) in [7, 11) is -3.27. The van der Waals surface area contributed by atoms with E-state index in [1.165, 1.54) is 35.2 Å². The summed E-state index contributed by atoms with van der Waals surface area (Å²) in [6.45, 7) is 1.98. The third-order valence-electron chi connectivity index (χ3n) is 4.62. The highest BCUT2D eigenvalue weighted by molar-refractivity contribution is 7.99. The molecule has 1 N–H and O–H groups in total. The fraction of sp³-hybridized carbons (Fsp3) is 0.190. The molecule has 4 rings (SSSR count). The van der Waals surface area contributed by atoms with Gasteiger partial charge in [-0.25, -0.2) is 8.42 Å². The van der Waals surface area contributed by atoms with Crippen LogP contribution in [0.3, 0.4) is 0 Å². The summed E-state index contributed by atoms with van der Waals surface area (Å²) < 4.78 is 25.1. The van der Waals surface area contributed by atoms with Crippen molar-refractivity contribution in [3.8, 4) is 16.3 Å². The van der Waals surface area contributed by atoms with E-state index in [-0.39, 0.29) is 16.6 Å². The average Bonchev–Trinajstić information content (AvgIpc) is 3.44. The van der Waals surface area contributed by atoms with Crippen molar-refractivity contribution in [2.24, 2.45) is 0 Å². The van der Waals surface area contributed by atoms with E-state index in [0.29, 0.717) is 32.3 Å². The Balaban J connectivity index is 1.42. The third-order valence-corrected chi connectivity index (χ3v) is 7.80. The number of hydrogen-bond acceptors (Lipinski definition) is 9. The molecule has 0 spiro atoms. The van der Waals surface area contributed by atoms with Gasteiger partial charge in [0.2, 0.25) is 11.0 Å². The number of rotatable bonds is 8. The topological polar surface area (TPSA) is 120 Å². The van der Waals surface area contributed by atoms with Crippen LogP contribution in [-0.2, 0) is 21.1 Å². The van der Waals surface area contributed by atoms with Crippen LogP contribution in [0.25, 0.3) is 16.3 Å². The molecule has 2 aromatic heterocycles. The summed E-state index contributed by atoms with van der Waals surface area (Å²) in [6.07, 6.45) is 1.82. The number of anilines is 1. The summed E-state index contributed by atoms with van der Waals surface area (Å²) in [4.78, 5) is 12.8. The molecular weight excluding hydrogens is 516 g/mol. The Bertz CT molecular complexity index is 1430. The average molecular weight is 535 g/mol. The van der Waals surface area contributed by atoms with Gasteiger partial charge in [-0.2, -0.15) is 0 Å². The van der Waals surface area contributed by atoms with E-state index in [1.54, 1.807) is 18.2 Å². The molecule has 2 heterocycles. The summed E-state index contributed by atoms with van der Waals surface area (Å²) in [5.41, 5.74) is 1.54. The number of nitrogens with one attached hydrogen (secondary N) is 1. The molecule has 13 heteroatoms. The van der Waals surface area contributed by atoms with Crippen molar-refractivity contribution in [2.45, 2.75) is 23.4 Å². The fourth-order valence-electron chi connectivity index (χ4n) is 3.02. The maximum Gasteiger partial charge on any atom is 0.236 e. The highest BCUT2D eigenvalue weighted by atomic mass is 35.5. The second kappa shape index (κ2) is 10.2. The fourth-order valence-corrected chi connectivity index (χ4v) is 5.37. The van der Waals surface area contributed by atoms with E-state index in [0.717, 1.165) is 17.8 Å². The van der Waals surface area contributed by atoms with E-state index >= 15 is 0 Å². The Morgan fingerprint density at radius 2 is 1.88 bits per heavy atom. The number of amides is 1. The van der Waals surface area contributed by atoms with Crippen LogP contribution in [0, 0.1) is 0 Å². The van der Waals surface area contributed by atoms with Crippen molar-refractivity contribution in [3.63, 3.8) is 0 Å². The van der Waals surface area contributed by atoms with Gasteiger partial charge >= 0.3 is 0 Å². The van der Waals surface area contributed by atoms with Gasteiger partial charge < -0.3 is 0 Å². The number of benzene rings is 2. The van der Waals surface area contributed by atoms with Crippen molar-refractivity contribution in [1.29, 1.82) is 0 Å². The Labute approximate surface area is 209 Å². The number of carbonyl (C=O) groups is 1. The highest BCUT2D eigenvalue weighted by Gasteiger charge is 2.16. The number of sulfone groups is 1. The zero-order chi connectivity index (χ0) is 24.3. The van der Waals surface area contributed by atoms with Crippen LogP contribution in [-0.4, -0.2) is 51.3 Å². The predicted octanol–water partition coefficient (Wildman–Crippen LogP) is 4.14. The monoisotopic (exact) mass is 534 g/mol. The van der Waals surface area contributed by atoms with Gasteiger partial charge in [-0.15, -0.1) is 20.4 Å². The van der Waals surface area contributed by atoms with Crippen LogP contribution in [0.5, 0.6) is 0 Å². The molecular formula is C21H19ClN6O3S3. The van der Waals surface area contributed by atoms with Gasteiger partial charge in [0.15, 0.2) is 15.0 Å². The molecule has 176 valence electrons. The van der Waals surface area contributed by atoms with Gasteiger partial charge in [0.1, 0.15) is 10.8 Å². The third kappa shape index (κ3) is 5.63. The first-order valence-corrected chi connectivity index (χ1v) is 14.1. The molecule has 0 unspecified atom stereocenters. The van der Waals surface area contributed by atoms with Crippen molar-refractivity contribution in [2.75, 3.05) is 17.3 Å². The zero-order valence-corrected chi connectivity index (χ0v) is 21.3. The molecule has 0 aliphatic rings. The first kappa shape index (κ1) is 24.3. The number of aromatic nitrogens is 5. The van der Waals surface area contributed by atoms with Gasteiger partial charge in [-0.3, -0.25) is 14.7 Å². The minimum Gasteiger partial charge on any atom is -0.300 e. The van der Waals surface area contributed by atoms with Crippen molar-refractivity contribution in [1.82, 2.24) is 25.0 Å². The largest absolute Gasteiger partial charge is 0.300 e. The molecule has 0 radical (unpaired) electrons. The molecule has 9 nitrogen and oxygen atoms in total. The summed E-state index contributed by atoms with van der Waals surface area (Å²) in [6, 6.07) is 13.7. The van der Waals surface area contributed by atoms with Crippen LogP contribution < -0.4 is 5.32 Å². The number of aryl methyl sites for hydroxylation is 1. The maximum atomic E-state index is 12.5. The van der Waals surface area contributed by atoms with E-state index in [9.17, 15) is 13.2 Å². The Morgan fingerprint density at radius 1 is 1.12 bits per heavy atom. The second-order valence-electron chi connectivity index (χ2n) is 7.11. The molecule has 1 amide bonds. The highest BCUT2D eigenvalue weighted by Crippen LogP contribution is 2.28. The van der Waals surface area contributed by atoms with E-state index in [1.807, 2.05) is 29.7 Å². The number of halogens is 1. The first-order valence-electron chi connectivity index (χ1n) is 10.0. The van der Waals surface area contributed by atoms with E-state index in [4.69, 9.17) is 11.6 Å². The number of nitrogens with zero attached hydrogens (tertiary/aromatic N) is 5. The summed E-state index contributed by atoms with van der Waals surface area (Å²) in [5.74, 6) is 0.597. The summed E-state index contributed by atoms with van der Waals surface area (Å²) in [5, 5.41) is 21.4. The second-order valence-corrected chi connectivity index (χ2v) is 11.5. The minimum absolute atomic E-state index is 0.0976. The van der Waals surface area contributed by atoms with Crippen LogP contribution >= 0.6 is 34.7 Å². The lowest BCUT2D eigenvalue weighted by molar-refractivity contribution is -0.113. The molecule has 0 bridgehead atoms. The van der Waals surface area contributed by atoms with Crippen molar-refractivity contribution in [3.05, 3.63) is 59.4 Å². The zero-order valence-electron chi connectivity index (χ0n) is 18.1. The molecule has 0 atom stereocenters. The van der Waals surface area contributed by atoms with Crippen molar-refractivity contribution < 1.29 is 13.2 Å². The van der Waals surface area contributed by atoms with E-state index < -0.39 is 9.84 Å². The SMILES string of the molecule is CCc1nnc(SCC(=O)Nc2nnc(-c3ccc(S(C)(=O)=O)cc3)s2)n1-c1cccc(Cl)c1. The van der Waals surface area contributed by atoms with Crippen LogP contribution in [0.1, 0.15) is 12.7 Å². The number of hydrogen-bond donors (Lipinski definition) is 1. The molecule has 0 saturated heterocycles. The molecule has 0 saturated carbocycles. The molecule has 0 aliphatic heterocycles. The van der Waals surface area contributed by atoms with Crippen LogP contribution in [0.2, 0.25) is 5.02 Å². The van der Waals surface area contributed by atoms with Crippen LogP contribution in [0.4, 0.5) is 5.13 Å². The maximum absolute atomic E-state index is 12.5. The lowest BCUT2D eigenvalue weighted by Gasteiger charge is -2.09. The van der Waals surface area contributed by atoms with Gasteiger partial charge in [0.05, 0.1) is 16.3 Å². The van der Waals surface area contributed by atoms with Gasteiger partial charge in [0, 0.05) is 23.3 Å². The molecule has 2 aromatic carbocycles. The lowest BCUT2D eigenvalue weighted by atomic mass is 10.2. The van der Waals surface area contributed by atoms with Crippen LogP contribution in [0.15, 0.2) is 58.6 Å². The quantitative estimate of drug-likeness (QED) is 0.335. The Morgan fingerprint density at radius 3 is 2.56 bits per heavy atom. The Hall–Kier alpha value is -2.80. The van der Waals surface area contributed by atoms with Gasteiger partial charge in [0.25, 0.3) is 0 Å². The minimum atomic E-state index is -3.27. The van der Waals surface area contributed by atoms with Gasteiger partial charge in [-0.1, -0.05) is 59.8 Å².